The average molecular weight is 277 g/mol. The Morgan fingerprint density at radius 3 is 2.30 bits per heavy atom. The molecule has 5 nitrogen and oxygen atoms in total. The van der Waals surface area contributed by atoms with Gasteiger partial charge < -0.3 is 10.4 Å². The molecule has 0 saturated carbocycles. The fourth-order valence-electron chi connectivity index (χ4n) is 1.65. The first-order valence-electron chi connectivity index (χ1n) is 6.48. The van der Waals surface area contributed by atoms with Gasteiger partial charge in [0.1, 0.15) is 11.8 Å². The fourth-order valence-corrected chi connectivity index (χ4v) is 1.65. The van der Waals surface area contributed by atoms with Crippen molar-refractivity contribution >= 4 is 17.7 Å². The van der Waals surface area contributed by atoms with Gasteiger partial charge in [-0.2, -0.15) is 0 Å². The summed E-state index contributed by atoms with van der Waals surface area (Å²) in [6, 6.07) is 6.71. The van der Waals surface area contributed by atoms with Crippen molar-refractivity contribution < 1.29 is 19.5 Å². The van der Waals surface area contributed by atoms with Crippen molar-refractivity contribution in [2.45, 2.75) is 39.2 Å². The van der Waals surface area contributed by atoms with Gasteiger partial charge in [0.15, 0.2) is 0 Å². The van der Waals surface area contributed by atoms with Crippen LogP contribution in [0.2, 0.25) is 0 Å². The molecule has 1 aromatic carbocycles. The van der Waals surface area contributed by atoms with Gasteiger partial charge in [-0.05, 0) is 19.4 Å². The summed E-state index contributed by atoms with van der Waals surface area (Å²) in [5.74, 6) is -1.55. The lowest BCUT2D eigenvalue weighted by Crippen LogP contribution is -2.38. The number of ketones is 1. The van der Waals surface area contributed by atoms with E-state index >= 15 is 0 Å². The predicted molar refractivity (Wildman–Crippen MR) is 74.4 cm³/mol. The molecule has 1 rings (SSSR count). The summed E-state index contributed by atoms with van der Waals surface area (Å²) in [5.41, 5.74) is 2.04. The van der Waals surface area contributed by atoms with Crippen LogP contribution in [-0.2, 0) is 20.8 Å². The third-order valence-corrected chi connectivity index (χ3v) is 2.90. The predicted octanol–water partition coefficient (Wildman–Crippen LogP) is 1.48. The van der Waals surface area contributed by atoms with E-state index < -0.39 is 17.9 Å². The molecule has 1 amide bonds. The van der Waals surface area contributed by atoms with Crippen LogP contribution in [0.15, 0.2) is 24.3 Å². The number of carbonyl (C=O) groups is 3. The minimum Gasteiger partial charge on any atom is -0.480 e. The summed E-state index contributed by atoms with van der Waals surface area (Å²) in [4.78, 5) is 33.7. The van der Waals surface area contributed by atoms with Gasteiger partial charge in [0.25, 0.3) is 0 Å². The van der Waals surface area contributed by atoms with E-state index in [0.717, 1.165) is 11.1 Å². The largest absolute Gasteiger partial charge is 0.480 e. The maximum absolute atomic E-state index is 11.7. The zero-order chi connectivity index (χ0) is 15.1. The van der Waals surface area contributed by atoms with Crippen molar-refractivity contribution in [1.29, 1.82) is 0 Å². The lowest BCUT2D eigenvalue weighted by Gasteiger charge is -2.08. The number of Topliss-reactive ketones (excluding diaryl/α,β-unsaturated/α-hetero) is 1. The molecule has 1 atom stereocenters. The number of aryl methyl sites for hydroxylation is 1. The molecule has 2 N–H and O–H groups in total. The van der Waals surface area contributed by atoms with Crippen LogP contribution in [-0.4, -0.2) is 28.8 Å². The molecule has 0 aliphatic rings. The maximum atomic E-state index is 11.7. The highest BCUT2D eigenvalue weighted by Gasteiger charge is 2.14. The normalized spacial score (nSPS) is 11.7. The van der Waals surface area contributed by atoms with Crippen LogP contribution in [0.25, 0.3) is 0 Å². The molecule has 0 heterocycles. The van der Waals surface area contributed by atoms with E-state index in [1.807, 2.05) is 31.2 Å². The van der Waals surface area contributed by atoms with E-state index in [4.69, 9.17) is 5.11 Å². The highest BCUT2D eigenvalue weighted by atomic mass is 16.4. The van der Waals surface area contributed by atoms with Gasteiger partial charge in [-0.1, -0.05) is 29.8 Å². The molecule has 1 aromatic rings. The van der Waals surface area contributed by atoms with Gasteiger partial charge in [-0.25, -0.2) is 0 Å². The molecule has 0 aliphatic heterocycles. The fraction of sp³-hybridized carbons (Fsp3) is 0.400. The van der Waals surface area contributed by atoms with Crippen molar-refractivity contribution in [2.24, 2.45) is 0 Å². The summed E-state index contributed by atoms with van der Waals surface area (Å²) < 4.78 is 0. The van der Waals surface area contributed by atoms with Crippen LogP contribution in [0, 0.1) is 6.92 Å². The van der Waals surface area contributed by atoms with Gasteiger partial charge in [0, 0.05) is 19.3 Å². The van der Waals surface area contributed by atoms with E-state index in [9.17, 15) is 14.4 Å². The number of hydrogen-bond acceptors (Lipinski definition) is 3. The standard InChI is InChI=1S/C15H19NO4/c1-10-3-5-12(6-4-10)9-13(17)7-8-14(18)16-11(2)15(19)20/h3-6,11H,7-9H2,1-2H3,(H,16,18)(H,19,20)/t11-/m0/s1. The summed E-state index contributed by atoms with van der Waals surface area (Å²) in [6.45, 7) is 3.36. The van der Waals surface area contributed by atoms with Crippen molar-refractivity contribution in [3.05, 3.63) is 35.4 Å². The van der Waals surface area contributed by atoms with Gasteiger partial charge in [-0.3, -0.25) is 14.4 Å². The van der Waals surface area contributed by atoms with E-state index in [1.165, 1.54) is 6.92 Å². The highest BCUT2D eigenvalue weighted by Crippen LogP contribution is 2.06. The van der Waals surface area contributed by atoms with Crippen LogP contribution in [0.3, 0.4) is 0 Å². The molecular weight excluding hydrogens is 258 g/mol. The molecule has 5 heteroatoms. The Morgan fingerprint density at radius 2 is 1.75 bits per heavy atom. The summed E-state index contributed by atoms with van der Waals surface area (Å²) in [7, 11) is 0. The van der Waals surface area contributed by atoms with Gasteiger partial charge >= 0.3 is 5.97 Å². The first kappa shape index (κ1) is 15.9. The number of amides is 1. The smallest absolute Gasteiger partial charge is 0.325 e. The molecular formula is C15H19NO4. The molecule has 0 bridgehead atoms. The minimum atomic E-state index is -1.09. The Kier molecular flexibility index (Phi) is 5.90. The van der Waals surface area contributed by atoms with Crippen LogP contribution in [0.4, 0.5) is 0 Å². The zero-order valence-electron chi connectivity index (χ0n) is 11.7. The molecule has 108 valence electrons. The van der Waals surface area contributed by atoms with Gasteiger partial charge in [0.05, 0.1) is 0 Å². The SMILES string of the molecule is Cc1ccc(CC(=O)CCC(=O)N[C@@H](C)C(=O)O)cc1. The van der Waals surface area contributed by atoms with Crippen molar-refractivity contribution in [3.63, 3.8) is 0 Å². The summed E-state index contributed by atoms with van der Waals surface area (Å²) in [5, 5.41) is 11.0. The average Bonchev–Trinajstić information content (AvgIpc) is 2.39. The van der Waals surface area contributed by atoms with Gasteiger partial charge in [-0.15, -0.1) is 0 Å². The molecule has 0 saturated heterocycles. The third kappa shape index (κ3) is 5.65. The lowest BCUT2D eigenvalue weighted by atomic mass is 10.0. The van der Waals surface area contributed by atoms with Crippen LogP contribution < -0.4 is 5.32 Å². The Hall–Kier alpha value is -2.17. The number of aliphatic carboxylic acids is 1. The number of rotatable bonds is 7. The number of hydrogen-bond donors (Lipinski definition) is 2. The maximum Gasteiger partial charge on any atom is 0.325 e. The molecule has 0 spiro atoms. The molecule has 20 heavy (non-hydrogen) atoms. The minimum absolute atomic E-state index is 0.0162. The first-order chi connectivity index (χ1) is 9.38. The second-order valence-electron chi connectivity index (χ2n) is 4.83. The Balaban J connectivity index is 2.34. The summed E-state index contributed by atoms with van der Waals surface area (Å²) >= 11 is 0. The van der Waals surface area contributed by atoms with Crippen LogP contribution in [0.5, 0.6) is 0 Å². The van der Waals surface area contributed by atoms with E-state index in [-0.39, 0.29) is 18.6 Å². The molecule has 0 aromatic heterocycles. The second-order valence-corrected chi connectivity index (χ2v) is 4.83. The number of nitrogens with one attached hydrogen (secondary N) is 1. The number of carboxylic acid groups (broad SMARTS) is 1. The molecule has 0 radical (unpaired) electrons. The number of carboxylic acids is 1. The van der Waals surface area contributed by atoms with E-state index in [2.05, 4.69) is 5.32 Å². The Labute approximate surface area is 118 Å². The second kappa shape index (κ2) is 7.43. The molecule has 0 fully saturated rings. The van der Waals surface area contributed by atoms with Crippen molar-refractivity contribution in [1.82, 2.24) is 5.32 Å². The first-order valence-corrected chi connectivity index (χ1v) is 6.48. The van der Waals surface area contributed by atoms with E-state index in [0.29, 0.717) is 6.42 Å². The van der Waals surface area contributed by atoms with Crippen LogP contribution in [0.1, 0.15) is 30.9 Å². The number of benzene rings is 1. The van der Waals surface area contributed by atoms with E-state index in [1.54, 1.807) is 0 Å². The van der Waals surface area contributed by atoms with Crippen molar-refractivity contribution in [2.75, 3.05) is 0 Å². The third-order valence-electron chi connectivity index (χ3n) is 2.90. The Morgan fingerprint density at radius 1 is 1.15 bits per heavy atom. The van der Waals surface area contributed by atoms with Gasteiger partial charge in [0.2, 0.25) is 5.91 Å². The monoisotopic (exact) mass is 277 g/mol. The summed E-state index contributed by atoms with van der Waals surface area (Å²) in [6.07, 6.45) is 0.427. The quantitative estimate of drug-likeness (QED) is 0.790. The van der Waals surface area contributed by atoms with Crippen LogP contribution >= 0.6 is 0 Å². The number of carbonyl (C=O) groups excluding carboxylic acids is 2. The molecule has 0 aliphatic carbocycles. The lowest BCUT2D eigenvalue weighted by molar-refractivity contribution is -0.141. The molecule has 0 unspecified atom stereocenters. The van der Waals surface area contributed by atoms with Crippen molar-refractivity contribution in [3.8, 4) is 0 Å². The topological polar surface area (TPSA) is 83.5 Å². The Bertz CT molecular complexity index is 493. The highest BCUT2D eigenvalue weighted by molar-refractivity contribution is 5.88. The zero-order valence-corrected chi connectivity index (χ0v) is 11.7.